The van der Waals surface area contributed by atoms with Crippen LogP contribution >= 0.6 is 0 Å². The van der Waals surface area contributed by atoms with E-state index < -0.39 is 0 Å². The molecule has 2 heterocycles. The summed E-state index contributed by atoms with van der Waals surface area (Å²) in [5.74, 6) is -0.421. The molecule has 182 valence electrons. The first-order valence-electron chi connectivity index (χ1n) is 12.7. The highest BCUT2D eigenvalue weighted by Crippen LogP contribution is 2.45. The van der Waals surface area contributed by atoms with Crippen molar-refractivity contribution in [2.75, 3.05) is 11.9 Å². The van der Waals surface area contributed by atoms with Gasteiger partial charge in [0.15, 0.2) is 5.78 Å². The number of aryl methyl sites for hydroxylation is 1. The number of hydrogen-bond acceptors (Lipinski definition) is 3. The third-order valence-electron chi connectivity index (χ3n) is 7.78. The van der Waals surface area contributed by atoms with E-state index in [1.807, 2.05) is 86.9 Å². The van der Waals surface area contributed by atoms with Gasteiger partial charge >= 0.3 is 0 Å². The van der Waals surface area contributed by atoms with Gasteiger partial charge in [-0.05, 0) is 42.0 Å². The van der Waals surface area contributed by atoms with Gasteiger partial charge in [-0.3, -0.25) is 4.79 Å². The number of Topliss-reactive ketones (excluding diaryl/α,β-unsaturated/α-hetero) is 1. The number of hydrogen-bond donors (Lipinski definition) is 0. The Bertz CT molecular complexity index is 1820. The molecule has 0 radical (unpaired) electrons. The van der Waals surface area contributed by atoms with Crippen molar-refractivity contribution in [1.29, 1.82) is 0 Å². The average Bonchev–Trinajstić information content (AvgIpc) is 2.97. The molecule has 1 aromatic heterocycles. The van der Waals surface area contributed by atoms with Gasteiger partial charge < -0.3 is 10.0 Å². The van der Waals surface area contributed by atoms with Crippen LogP contribution in [0.15, 0.2) is 120 Å². The van der Waals surface area contributed by atoms with E-state index in [9.17, 15) is 9.90 Å². The van der Waals surface area contributed by atoms with E-state index in [1.165, 1.54) is 0 Å². The molecule has 5 aromatic rings. The minimum atomic E-state index is -0.210. The molecule has 4 aromatic carbocycles. The van der Waals surface area contributed by atoms with Gasteiger partial charge in [-0.25, -0.2) is 0 Å². The number of pyridine rings is 1. The van der Waals surface area contributed by atoms with Crippen LogP contribution in [0.5, 0.6) is 0 Å². The minimum Gasteiger partial charge on any atom is -0.871 e. The Morgan fingerprint density at radius 2 is 1.18 bits per heavy atom. The van der Waals surface area contributed by atoms with Crippen LogP contribution in [0.1, 0.15) is 16.7 Å². The third kappa shape index (κ3) is 3.10. The van der Waals surface area contributed by atoms with Crippen molar-refractivity contribution in [3.63, 3.8) is 0 Å². The molecule has 4 nitrogen and oxygen atoms in total. The zero-order valence-electron chi connectivity index (χ0n) is 21.1. The summed E-state index contributed by atoms with van der Waals surface area (Å²) in [6, 6.07) is 32.4. The summed E-state index contributed by atoms with van der Waals surface area (Å²) in [5.41, 5.74) is 8.45. The summed E-state index contributed by atoms with van der Waals surface area (Å²) in [7, 11) is 4.08. The molecule has 1 aliphatic heterocycles. The predicted octanol–water partition coefficient (Wildman–Crippen LogP) is 5.61. The summed E-state index contributed by atoms with van der Waals surface area (Å²) < 4.78 is 2.15. The Morgan fingerprint density at radius 3 is 1.74 bits per heavy atom. The molecule has 0 saturated carbocycles. The molecule has 0 atom stereocenters. The second-order valence-electron chi connectivity index (χ2n) is 9.79. The van der Waals surface area contributed by atoms with Crippen LogP contribution in [0.2, 0.25) is 0 Å². The lowest BCUT2D eigenvalue weighted by molar-refractivity contribution is -0.617. The van der Waals surface area contributed by atoms with Crippen molar-refractivity contribution in [2.24, 2.45) is 7.05 Å². The lowest BCUT2D eigenvalue weighted by Gasteiger charge is -2.34. The van der Waals surface area contributed by atoms with Crippen molar-refractivity contribution in [1.82, 2.24) is 0 Å². The third-order valence-corrected chi connectivity index (χ3v) is 7.78. The highest BCUT2D eigenvalue weighted by molar-refractivity contribution is 6.25. The van der Waals surface area contributed by atoms with Crippen LogP contribution in [0.3, 0.4) is 0 Å². The number of carbonyl (C=O) groups is 1. The molecule has 1 aliphatic carbocycles. The van der Waals surface area contributed by atoms with E-state index in [0.717, 1.165) is 55.4 Å². The molecule has 0 N–H and O–H groups in total. The fraction of sp³-hybridized carbons (Fsp3) is 0.0588. The fourth-order valence-corrected chi connectivity index (χ4v) is 5.82. The van der Waals surface area contributed by atoms with Gasteiger partial charge in [0.05, 0.1) is 10.8 Å². The van der Waals surface area contributed by atoms with Crippen LogP contribution in [-0.2, 0) is 11.8 Å². The van der Waals surface area contributed by atoms with Crippen LogP contribution < -0.4 is 14.6 Å². The van der Waals surface area contributed by atoms with Gasteiger partial charge in [0.2, 0.25) is 11.0 Å². The standard InChI is InChI=1S/C34H24N2O2/c1-35-29-15-7-3-11-21(29)25(22-12-4-8-16-30(22)35)19-27-33(37)28(34(27)38)20-26-23-13-5-9-17-31(23)36(2)32-18-10-6-14-24(26)32/h3-20H,1-2H3. The van der Waals surface area contributed by atoms with Gasteiger partial charge in [0, 0.05) is 58.4 Å². The zero-order chi connectivity index (χ0) is 26.0. The maximum Gasteiger partial charge on any atom is 0.213 e. The first-order valence-corrected chi connectivity index (χ1v) is 12.7. The lowest BCUT2D eigenvalue weighted by atomic mass is 9.82. The molecule has 0 spiro atoms. The second kappa shape index (κ2) is 8.29. The Labute approximate surface area is 220 Å². The number of para-hydroxylation sites is 4. The van der Waals surface area contributed by atoms with E-state index in [2.05, 4.69) is 33.7 Å². The number of anilines is 2. The lowest BCUT2D eigenvalue weighted by Crippen LogP contribution is -2.31. The van der Waals surface area contributed by atoms with Crippen LogP contribution in [-0.4, -0.2) is 12.8 Å². The number of allylic oxidation sites excluding steroid dienone is 3. The van der Waals surface area contributed by atoms with Crippen molar-refractivity contribution >= 4 is 50.6 Å². The summed E-state index contributed by atoms with van der Waals surface area (Å²) >= 11 is 0. The van der Waals surface area contributed by atoms with E-state index in [1.54, 1.807) is 12.2 Å². The SMILES string of the molecule is CN1c2ccccc2C(=CC2=C([O-])/C(=C/c3c4ccccc4[n+](C)c4ccccc34)C2=O)c2ccccc21. The number of aromatic nitrogens is 1. The predicted molar refractivity (Wildman–Crippen MR) is 151 cm³/mol. The van der Waals surface area contributed by atoms with Gasteiger partial charge in [-0.2, -0.15) is 4.57 Å². The van der Waals surface area contributed by atoms with E-state index in [0.29, 0.717) is 0 Å². The summed E-state index contributed by atoms with van der Waals surface area (Å²) in [6.45, 7) is 0. The summed E-state index contributed by atoms with van der Waals surface area (Å²) in [4.78, 5) is 15.6. The Balaban J connectivity index is 1.42. The number of nitrogens with zero attached hydrogens (tertiary/aromatic N) is 2. The van der Waals surface area contributed by atoms with Gasteiger partial charge in [-0.1, -0.05) is 66.4 Å². The molecule has 0 unspecified atom stereocenters. The Hall–Kier alpha value is -4.96. The van der Waals surface area contributed by atoms with Gasteiger partial charge in [0.1, 0.15) is 7.05 Å². The molecular weight excluding hydrogens is 468 g/mol. The molecule has 2 aliphatic rings. The van der Waals surface area contributed by atoms with Crippen molar-refractivity contribution in [3.8, 4) is 0 Å². The second-order valence-corrected chi connectivity index (χ2v) is 9.79. The molecule has 4 heteroatoms. The molecule has 0 bridgehead atoms. The largest absolute Gasteiger partial charge is 0.871 e. The minimum absolute atomic E-state index is 0.210. The summed E-state index contributed by atoms with van der Waals surface area (Å²) in [6.07, 6.45) is 3.57. The summed E-state index contributed by atoms with van der Waals surface area (Å²) in [5, 5.41) is 15.5. The monoisotopic (exact) mass is 492 g/mol. The Morgan fingerprint density at radius 1 is 0.684 bits per heavy atom. The normalized spacial score (nSPS) is 15.6. The average molecular weight is 493 g/mol. The number of fused-ring (bicyclic) bond motifs is 4. The molecule has 0 amide bonds. The van der Waals surface area contributed by atoms with E-state index in [4.69, 9.17) is 0 Å². The number of ketones is 1. The topological polar surface area (TPSA) is 47.2 Å². The van der Waals surface area contributed by atoms with E-state index >= 15 is 0 Å². The zero-order valence-corrected chi connectivity index (χ0v) is 21.1. The smallest absolute Gasteiger partial charge is 0.213 e. The first-order chi connectivity index (χ1) is 18.5. The van der Waals surface area contributed by atoms with Crippen molar-refractivity contribution in [2.45, 2.75) is 0 Å². The molecular formula is C34H24N2O2. The molecule has 7 rings (SSSR count). The van der Waals surface area contributed by atoms with Crippen LogP contribution in [0.4, 0.5) is 11.4 Å². The molecule has 0 saturated heterocycles. The Kier molecular flexibility index (Phi) is 4.85. The molecule has 0 fully saturated rings. The van der Waals surface area contributed by atoms with Crippen molar-refractivity contribution in [3.05, 3.63) is 137 Å². The maximum atomic E-state index is 13.5. The quantitative estimate of drug-likeness (QED) is 0.183. The highest BCUT2D eigenvalue weighted by atomic mass is 16.3. The van der Waals surface area contributed by atoms with Gasteiger partial charge in [-0.15, -0.1) is 0 Å². The number of carbonyl (C=O) groups excluding carboxylic acids is 1. The fourth-order valence-electron chi connectivity index (χ4n) is 5.82. The van der Waals surface area contributed by atoms with Crippen molar-refractivity contribution < 1.29 is 14.5 Å². The van der Waals surface area contributed by atoms with E-state index in [-0.39, 0.29) is 22.7 Å². The number of benzene rings is 4. The van der Waals surface area contributed by atoms with Gasteiger partial charge in [0.25, 0.3) is 0 Å². The maximum absolute atomic E-state index is 13.5. The van der Waals surface area contributed by atoms with Crippen LogP contribution in [0, 0.1) is 0 Å². The first kappa shape index (κ1) is 22.3. The highest BCUT2D eigenvalue weighted by Gasteiger charge is 2.30. The van der Waals surface area contributed by atoms with Crippen LogP contribution in [0.25, 0.3) is 33.5 Å². The molecule has 38 heavy (non-hydrogen) atoms. The number of rotatable bonds is 2.